The summed E-state index contributed by atoms with van der Waals surface area (Å²) in [7, 11) is -6.04. The average Bonchev–Trinajstić information content (AvgIpc) is 3.48. The Balaban J connectivity index is 1.48. The van der Waals surface area contributed by atoms with Crippen molar-refractivity contribution in [3.63, 3.8) is 0 Å². The van der Waals surface area contributed by atoms with Gasteiger partial charge in [-0.3, -0.25) is 4.79 Å². The van der Waals surface area contributed by atoms with Gasteiger partial charge in [0.25, 0.3) is 0 Å². The van der Waals surface area contributed by atoms with Gasteiger partial charge in [-0.2, -0.15) is 9.03 Å². The van der Waals surface area contributed by atoms with Crippen molar-refractivity contribution in [1.29, 1.82) is 0 Å². The molecule has 1 heterocycles. The SMILES string of the molecule is COc1ccc(S(=O)(=O)NC(Cc2ccccc2)C(=O)NCc2ccc(S(=O)(=O)N3CCCC3)cc2)cc1C. The van der Waals surface area contributed by atoms with Crippen molar-refractivity contribution in [3.05, 3.63) is 89.5 Å². The molecular weight excluding hydrogens is 538 g/mol. The Hall–Kier alpha value is -3.25. The van der Waals surface area contributed by atoms with Crippen molar-refractivity contribution in [3.8, 4) is 5.75 Å². The zero-order valence-electron chi connectivity index (χ0n) is 22.0. The van der Waals surface area contributed by atoms with Crippen LogP contribution in [0.15, 0.2) is 82.6 Å². The Bertz CT molecular complexity index is 1500. The van der Waals surface area contributed by atoms with Crippen LogP contribution in [-0.4, -0.2) is 53.3 Å². The molecule has 3 aromatic carbocycles. The summed E-state index contributed by atoms with van der Waals surface area (Å²) < 4.78 is 61.2. The molecule has 0 bridgehead atoms. The molecule has 1 amide bonds. The lowest BCUT2D eigenvalue weighted by Crippen LogP contribution is -2.47. The van der Waals surface area contributed by atoms with Crippen LogP contribution in [0.4, 0.5) is 0 Å². The highest BCUT2D eigenvalue weighted by molar-refractivity contribution is 7.89. The van der Waals surface area contributed by atoms with Gasteiger partial charge in [-0.05, 0) is 73.2 Å². The zero-order chi connectivity index (χ0) is 28.0. The number of sulfonamides is 2. The van der Waals surface area contributed by atoms with Gasteiger partial charge in [0.05, 0.1) is 16.9 Å². The van der Waals surface area contributed by atoms with Crippen LogP contribution in [0, 0.1) is 6.92 Å². The van der Waals surface area contributed by atoms with Gasteiger partial charge in [-0.1, -0.05) is 42.5 Å². The summed E-state index contributed by atoms with van der Waals surface area (Å²) in [6.07, 6.45) is 1.86. The molecule has 0 radical (unpaired) electrons. The highest BCUT2D eigenvalue weighted by Crippen LogP contribution is 2.23. The number of aryl methyl sites for hydroxylation is 1. The van der Waals surface area contributed by atoms with Gasteiger partial charge in [0, 0.05) is 19.6 Å². The van der Waals surface area contributed by atoms with Crippen LogP contribution in [0.2, 0.25) is 0 Å². The van der Waals surface area contributed by atoms with Crippen molar-refractivity contribution in [2.45, 2.75) is 48.6 Å². The minimum absolute atomic E-state index is 0.0291. The fourth-order valence-corrected chi connectivity index (χ4v) is 7.28. The Morgan fingerprint density at radius 3 is 2.15 bits per heavy atom. The van der Waals surface area contributed by atoms with Gasteiger partial charge in [-0.25, -0.2) is 16.8 Å². The molecule has 11 heteroatoms. The van der Waals surface area contributed by atoms with E-state index in [2.05, 4.69) is 10.0 Å². The van der Waals surface area contributed by atoms with Crippen LogP contribution < -0.4 is 14.8 Å². The molecular formula is C28H33N3O6S2. The summed E-state index contributed by atoms with van der Waals surface area (Å²) in [5, 5.41) is 2.79. The topological polar surface area (TPSA) is 122 Å². The molecule has 1 fully saturated rings. The Morgan fingerprint density at radius 1 is 0.897 bits per heavy atom. The van der Waals surface area contributed by atoms with Gasteiger partial charge in [-0.15, -0.1) is 0 Å². The third-order valence-corrected chi connectivity index (χ3v) is 10.0. The molecule has 0 saturated carbocycles. The molecule has 2 N–H and O–H groups in total. The first-order valence-corrected chi connectivity index (χ1v) is 15.6. The second-order valence-corrected chi connectivity index (χ2v) is 13.1. The minimum atomic E-state index is -4.02. The predicted octanol–water partition coefficient (Wildman–Crippen LogP) is 2.99. The third kappa shape index (κ3) is 7.04. The standard InChI is InChI=1S/C28H33N3O6S2/c1-21-18-25(14-15-27(21)37-2)38(33,34)30-26(19-22-8-4-3-5-9-22)28(32)29-20-23-10-12-24(13-11-23)39(35,36)31-16-6-7-17-31/h3-5,8-15,18,26,30H,6-7,16-17,19-20H2,1-2H3,(H,29,32). The lowest BCUT2D eigenvalue weighted by Gasteiger charge is -2.19. The van der Waals surface area contributed by atoms with Gasteiger partial charge in [0.2, 0.25) is 26.0 Å². The molecule has 1 aliphatic heterocycles. The predicted molar refractivity (Wildman–Crippen MR) is 148 cm³/mol. The maximum Gasteiger partial charge on any atom is 0.243 e. The fourth-order valence-electron chi connectivity index (χ4n) is 4.48. The lowest BCUT2D eigenvalue weighted by molar-refractivity contribution is -0.122. The van der Waals surface area contributed by atoms with E-state index in [0.29, 0.717) is 30.0 Å². The largest absolute Gasteiger partial charge is 0.496 e. The number of ether oxygens (including phenoxy) is 1. The highest BCUT2D eigenvalue weighted by atomic mass is 32.2. The molecule has 0 spiro atoms. The number of benzene rings is 3. The second kappa shape index (κ2) is 12.3. The van der Waals surface area contributed by atoms with Crippen LogP contribution in [0.3, 0.4) is 0 Å². The van der Waals surface area contributed by atoms with E-state index < -0.39 is 32.0 Å². The maximum atomic E-state index is 13.2. The Morgan fingerprint density at radius 2 is 1.54 bits per heavy atom. The normalized spacial score (nSPS) is 15.1. The number of carbonyl (C=O) groups excluding carboxylic acids is 1. The van der Waals surface area contributed by atoms with Crippen molar-refractivity contribution < 1.29 is 26.4 Å². The van der Waals surface area contributed by atoms with E-state index in [1.54, 1.807) is 25.1 Å². The monoisotopic (exact) mass is 571 g/mol. The van der Waals surface area contributed by atoms with Gasteiger partial charge in [0.1, 0.15) is 11.8 Å². The first-order chi connectivity index (χ1) is 18.6. The van der Waals surface area contributed by atoms with Crippen LogP contribution in [-0.2, 0) is 37.8 Å². The van der Waals surface area contributed by atoms with Crippen molar-refractivity contribution in [2.75, 3.05) is 20.2 Å². The molecule has 9 nitrogen and oxygen atoms in total. The van der Waals surface area contributed by atoms with E-state index in [4.69, 9.17) is 4.74 Å². The molecule has 1 atom stereocenters. The molecule has 208 valence electrons. The summed E-state index contributed by atoms with van der Waals surface area (Å²) in [6, 6.07) is 18.9. The summed E-state index contributed by atoms with van der Waals surface area (Å²) in [5.41, 5.74) is 2.14. The third-order valence-electron chi connectivity index (χ3n) is 6.67. The molecule has 1 aliphatic rings. The smallest absolute Gasteiger partial charge is 0.243 e. The van der Waals surface area contributed by atoms with Gasteiger partial charge in [0.15, 0.2) is 0 Å². The quantitative estimate of drug-likeness (QED) is 0.365. The summed E-state index contributed by atoms with van der Waals surface area (Å²) in [6.45, 7) is 2.90. The number of rotatable bonds is 11. The van der Waals surface area contributed by atoms with Gasteiger partial charge < -0.3 is 10.1 Å². The van der Waals surface area contributed by atoms with Gasteiger partial charge >= 0.3 is 0 Å². The highest BCUT2D eigenvalue weighted by Gasteiger charge is 2.28. The molecule has 1 unspecified atom stereocenters. The van der Waals surface area contributed by atoms with E-state index in [1.165, 1.54) is 35.7 Å². The van der Waals surface area contributed by atoms with E-state index in [9.17, 15) is 21.6 Å². The average molecular weight is 572 g/mol. The first-order valence-electron chi connectivity index (χ1n) is 12.7. The Labute approximate surface area is 230 Å². The number of hydrogen-bond donors (Lipinski definition) is 2. The number of methoxy groups -OCH3 is 1. The molecule has 3 aromatic rings. The molecule has 1 saturated heterocycles. The van der Waals surface area contributed by atoms with E-state index in [1.807, 2.05) is 30.3 Å². The zero-order valence-corrected chi connectivity index (χ0v) is 23.6. The van der Waals surface area contributed by atoms with E-state index in [-0.39, 0.29) is 22.8 Å². The van der Waals surface area contributed by atoms with Crippen LogP contribution >= 0.6 is 0 Å². The van der Waals surface area contributed by atoms with Crippen molar-refractivity contribution >= 4 is 26.0 Å². The molecule has 0 aliphatic carbocycles. The number of nitrogens with zero attached hydrogens (tertiary/aromatic N) is 1. The minimum Gasteiger partial charge on any atom is -0.496 e. The number of hydrogen-bond acceptors (Lipinski definition) is 6. The first kappa shape index (κ1) is 28.8. The summed E-state index contributed by atoms with van der Waals surface area (Å²) in [4.78, 5) is 13.5. The van der Waals surface area contributed by atoms with Crippen LogP contribution in [0.5, 0.6) is 5.75 Å². The lowest BCUT2D eigenvalue weighted by atomic mass is 10.1. The van der Waals surface area contributed by atoms with Crippen LogP contribution in [0.1, 0.15) is 29.5 Å². The number of amides is 1. The van der Waals surface area contributed by atoms with E-state index >= 15 is 0 Å². The Kier molecular flexibility index (Phi) is 9.06. The fraction of sp³-hybridized carbons (Fsp3) is 0.321. The summed E-state index contributed by atoms with van der Waals surface area (Å²) in [5.74, 6) is 0.0632. The summed E-state index contributed by atoms with van der Waals surface area (Å²) >= 11 is 0. The number of nitrogens with one attached hydrogen (secondary N) is 2. The maximum absolute atomic E-state index is 13.2. The molecule has 0 aromatic heterocycles. The van der Waals surface area contributed by atoms with E-state index in [0.717, 1.165) is 18.4 Å². The molecule has 4 rings (SSSR count). The van der Waals surface area contributed by atoms with Crippen molar-refractivity contribution in [2.24, 2.45) is 0 Å². The second-order valence-electron chi connectivity index (χ2n) is 9.47. The van der Waals surface area contributed by atoms with Crippen molar-refractivity contribution in [1.82, 2.24) is 14.3 Å². The number of carbonyl (C=O) groups is 1. The molecule has 39 heavy (non-hydrogen) atoms. The van der Waals surface area contributed by atoms with Crippen LogP contribution in [0.25, 0.3) is 0 Å².